The maximum atomic E-state index is 11.7. The number of carbonyl (C=O) groups is 1. The molecule has 0 fully saturated rings. The van der Waals surface area contributed by atoms with Gasteiger partial charge in [-0.3, -0.25) is 4.57 Å². The number of hydrogen-bond acceptors (Lipinski definition) is 4. The van der Waals surface area contributed by atoms with Crippen molar-refractivity contribution in [2.24, 2.45) is 7.05 Å². The summed E-state index contributed by atoms with van der Waals surface area (Å²) in [6.45, 7) is 3.64. The van der Waals surface area contributed by atoms with Crippen LogP contribution in [0, 0.1) is 0 Å². The highest BCUT2D eigenvalue weighted by Gasteiger charge is 2.17. The summed E-state index contributed by atoms with van der Waals surface area (Å²) in [7, 11) is 5.09. The number of carbonyl (C=O) groups excluding carboxylic acids is 1. The first-order valence-corrected chi connectivity index (χ1v) is 4.98. The van der Waals surface area contributed by atoms with Crippen LogP contribution in [0.25, 0.3) is 0 Å². The van der Waals surface area contributed by atoms with Gasteiger partial charge in [-0.15, -0.1) is 9.78 Å². The summed E-state index contributed by atoms with van der Waals surface area (Å²) in [5.74, 6) is 0.434. The SMILES string of the molecule is CC(C)NC(=O)n1nc(N(C)C)n(C)c1=O. The lowest BCUT2D eigenvalue weighted by Gasteiger charge is -2.08. The van der Waals surface area contributed by atoms with E-state index in [9.17, 15) is 9.59 Å². The molecule has 0 atom stereocenters. The molecule has 1 heterocycles. The fraction of sp³-hybridized carbons (Fsp3) is 0.667. The van der Waals surface area contributed by atoms with E-state index in [2.05, 4.69) is 10.4 Å². The van der Waals surface area contributed by atoms with Gasteiger partial charge in [-0.1, -0.05) is 0 Å². The Bertz CT molecular complexity index is 443. The van der Waals surface area contributed by atoms with E-state index < -0.39 is 11.7 Å². The van der Waals surface area contributed by atoms with Gasteiger partial charge in [0.25, 0.3) is 0 Å². The van der Waals surface area contributed by atoms with E-state index in [0.717, 1.165) is 4.68 Å². The number of anilines is 1. The van der Waals surface area contributed by atoms with Crippen molar-refractivity contribution in [3.05, 3.63) is 10.5 Å². The molecule has 16 heavy (non-hydrogen) atoms. The molecule has 0 radical (unpaired) electrons. The van der Waals surface area contributed by atoms with E-state index in [4.69, 9.17) is 0 Å². The molecule has 7 heteroatoms. The van der Waals surface area contributed by atoms with Gasteiger partial charge in [0, 0.05) is 27.2 Å². The van der Waals surface area contributed by atoms with Gasteiger partial charge in [0.2, 0.25) is 5.95 Å². The average molecular weight is 227 g/mol. The molecule has 1 aromatic heterocycles. The molecule has 0 aliphatic heterocycles. The average Bonchev–Trinajstić information content (AvgIpc) is 2.43. The lowest BCUT2D eigenvalue weighted by molar-refractivity contribution is 0.236. The minimum atomic E-state index is -0.510. The number of nitrogens with one attached hydrogen (secondary N) is 1. The standard InChI is InChI=1S/C9H17N5O2/c1-6(2)10-8(15)14-9(16)13(5)7(11-14)12(3)4/h6H,1-5H3,(H,10,15). The zero-order valence-electron chi connectivity index (χ0n) is 10.2. The zero-order chi connectivity index (χ0) is 12.5. The van der Waals surface area contributed by atoms with Gasteiger partial charge in [0.1, 0.15) is 0 Å². The van der Waals surface area contributed by atoms with Crippen LogP contribution in [0.3, 0.4) is 0 Å². The predicted octanol–water partition coefficient (Wildman–Crippen LogP) is -0.386. The molecule has 0 aromatic carbocycles. The van der Waals surface area contributed by atoms with Gasteiger partial charge in [-0.05, 0) is 13.8 Å². The molecule has 1 N–H and O–H groups in total. The van der Waals surface area contributed by atoms with E-state index in [-0.39, 0.29) is 6.04 Å². The van der Waals surface area contributed by atoms with Crippen molar-refractivity contribution in [1.29, 1.82) is 0 Å². The Morgan fingerprint density at radius 1 is 1.44 bits per heavy atom. The monoisotopic (exact) mass is 227 g/mol. The summed E-state index contributed by atoms with van der Waals surface area (Å²) >= 11 is 0. The van der Waals surface area contributed by atoms with Crippen LogP contribution in [-0.2, 0) is 7.05 Å². The number of amides is 1. The minimum Gasteiger partial charge on any atom is -0.347 e. The van der Waals surface area contributed by atoms with Crippen LogP contribution >= 0.6 is 0 Å². The topological polar surface area (TPSA) is 72.2 Å². The quantitative estimate of drug-likeness (QED) is 0.747. The Hall–Kier alpha value is -1.79. The van der Waals surface area contributed by atoms with Gasteiger partial charge in [-0.2, -0.15) is 0 Å². The van der Waals surface area contributed by atoms with Crippen LogP contribution in [0.5, 0.6) is 0 Å². The summed E-state index contributed by atoms with van der Waals surface area (Å²) in [5.41, 5.74) is -0.457. The van der Waals surface area contributed by atoms with Crippen LogP contribution in [0.15, 0.2) is 4.79 Å². The lowest BCUT2D eigenvalue weighted by atomic mass is 10.4. The van der Waals surface area contributed by atoms with Crippen molar-refractivity contribution in [2.45, 2.75) is 19.9 Å². The molecule has 1 rings (SSSR count). The van der Waals surface area contributed by atoms with Gasteiger partial charge in [0.05, 0.1) is 0 Å². The summed E-state index contributed by atoms with van der Waals surface area (Å²) in [5, 5.41) is 6.55. The first-order chi connectivity index (χ1) is 7.34. The van der Waals surface area contributed by atoms with E-state index in [1.165, 1.54) is 4.57 Å². The van der Waals surface area contributed by atoms with Crippen LogP contribution in [0.1, 0.15) is 13.8 Å². The molecule has 7 nitrogen and oxygen atoms in total. The fourth-order valence-corrected chi connectivity index (χ4v) is 1.26. The van der Waals surface area contributed by atoms with Crippen LogP contribution in [0.4, 0.5) is 10.7 Å². The summed E-state index contributed by atoms with van der Waals surface area (Å²) in [6.07, 6.45) is 0. The Labute approximate surface area is 93.7 Å². The van der Waals surface area contributed by atoms with Crippen molar-refractivity contribution < 1.29 is 4.79 Å². The second-order valence-electron chi connectivity index (χ2n) is 4.05. The van der Waals surface area contributed by atoms with E-state index in [1.54, 1.807) is 26.0 Å². The maximum Gasteiger partial charge on any atom is 0.355 e. The highest BCUT2D eigenvalue weighted by atomic mass is 16.2. The van der Waals surface area contributed by atoms with Gasteiger partial charge < -0.3 is 10.2 Å². The van der Waals surface area contributed by atoms with E-state index >= 15 is 0 Å². The summed E-state index contributed by atoms with van der Waals surface area (Å²) in [4.78, 5) is 25.0. The van der Waals surface area contributed by atoms with E-state index in [1.807, 2.05) is 13.8 Å². The highest BCUT2D eigenvalue weighted by molar-refractivity contribution is 5.75. The van der Waals surface area contributed by atoms with E-state index in [0.29, 0.717) is 5.95 Å². The molecule has 0 aliphatic carbocycles. The molecule has 0 saturated heterocycles. The number of rotatable bonds is 2. The molecule has 0 unspecified atom stereocenters. The Balaban J connectivity index is 3.12. The predicted molar refractivity (Wildman–Crippen MR) is 60.9 cm³/mol. The smallest absolute Gasteiger partial charge is 0.347 e. The zero-order valence-corrected chi connectivity index (χ0v) is 10.2. The third-order valence-electron chi connectivity index (χ3n) is 1.96. The molecule has 0 aliphatic rings. The van der Waals surface area contributed by atoms with Crippen molar-refractivity contribution >= 4 is 12.0 Å². The van der Waals surface area contributed by atoms with Crippen molar-refractivity contribution in [3.63, 3.8) is 0 Å². The van der Waals surface area contributed by atoms with Crippen LogP contribution in [-0.4, -0.2) is 40.5 Å². The van der Waals surface area contributed by atoms with Crippen LogP contribution in [0.2, 0.25) is 0 Å². The van der Waals surface area contributed by atoms with Crippen LogP contribution < -0.4 is 15.9 Å². The first-order valence-electron chi connectivity index (χ1n) is 4.98. The highest BCUT2D eigenvalue weighted by Crippen LogP contribution is 2.00. The van der Waals surface area contributed by atoms with Crippen molar-refractivity contribution in [1.82, 2.24) is 19.7 Å². The molecular formula is C9H17N5O2. The number of hydrogen-bond donors (Lipinski definition) is 1. The summed E-state index contributed by atoms with van der Waals surface area (Å²) < 4.78 is 2.15. The minimum absolute atomic E-state index is 0.0378. The van der Waals surface area contributed by atoms with Gasteiger partial charge in [-0.25, -0.2) is 9.59 Å². The fourth-order valence-electron chi connectivity index (χ4n) is 1.26. The number of nitrogens with zero attached hydrogens (tertiary/aromatic N) is 4. The Morgan fingerprint density at radius 3 is 2.38 bits per heavy atom. The molecule has 1 aromatic rings. The second-order valence-corrected chi connectivity index (χ2v) is 4.05. The van der Waals surface area contributed by atoms with Gasteiger partial charge in [0.15, 0.2) is 0 Å². The Morgan fingerprint density at radius 2 is 2.00 bits per heavy atom. The number of aromatic nitrogens is 3. The third-order valence-corrected chi connectivity index (χ3v) is 1.96. The second kappa shape index (κ2) is 4.38. The molecule has 0 saturated carbocycles. The Kier molecular flexibility index (Phi) is 3.36. The maximum absolute atomic E-state index is 11.7. The van der Waals surface area contributed by atoms with Gasteiger partial charge >= 0.3 is 11.7 Å². The molecule has 0 spiro atoms. The largest absolute Gasteiger partial charge is 0.355 e. The summed E-state index contributed by atoms with van der Waals surface area (Å²) in [6, 6.07) is -0.548. The molecule has 0 bridgehead atoms. The third kappa shape index (κ3) is 2.23. The van der Waals surface area contributed by atoms with Crippen molar-refractivity contribution in [3.8, 4) is 0 Å². The lowest BCUT2D eigenvalue weighted by Crippen LogP contribution is -2.40. The molecule has 1 amide bonds. The molecular weight excluding hydrogens is 210 g/mol. The normalized spacial score (nSPS) is 10.6. The van der Waals surface area contributed by atoms with Crippen molar-refractivity contribution in [2.75, 3.05) is 19.0 Å². The molecule has 90 valence electrons. The first kappa shape index (κ1) is 12.3.